The Balaban J connectivity index is 2.56. The lowest BCUT2D eigenvalue weighted by Gasteiger charge is -2.33. The monoisotopic (exact) mass is 359 g/mol. The van der Waals surface area contributed by atoms with E-state index in [1.165, 1.54) is 0 Å². The summed E-state index contributed by atoms with van der Waals surface area (Å²) >= 11 is 0. The summed E-state index contributed by atoms with van der Waals surface area (Å²) in [7, 11) is -11.6. The number of ether oxygens (including phenoxy) is 1. The maximum Gasteiger partial charge on any atom is 0.375 e. The Morgan fingerprint density at radius 2 is 1.64 bits per heavy atom. The molecule has 1 aromatic carbocycles. The summed E-state index contributed by atoms with van der Waals surface area (Å²) in [4.78, 5) is 36.3. The van der Waals surface area contributed by atoms with Crippen LogP contribution in [0.2, 0.25) is 0 Å². The van der Waals surface area contributed by atoms with Crippen molar-refractivity contribution in [3.8, 4) is 5.75 Å². The van der Waals surface area contributed by atoms with Gasteiger partial charge in [0.1, 0.15) is 12.0 Å². The average molecular weight is 359 g/mol. The topological polar surface area (TPSA) is 157 Å². The SMILES string of the molecule is O=P(O)(O)C(O)(C1=COc2c(ccc(F)c2F)N1)P(=O)(O)O. The number of halogens is 2. The molecule has 0 amide bonds. The molecule has 0 unspecified atom stereocenters. The molecule has 0 bridgehead atoms. The van der Waals surface area contributed by atoms with Gasteiger partial charge in [-0.3, -0.25) is 9.13 Å². The molecular weight excluding hydrogens is 350 g/mol. The van der Waals surface area contributed by atoms with Gasteiger partial charge in [-0.05, 0) is 12.1 Å². The van der Waals surface area contributed by atoms with E-state index >= 15 is 0 Å². The lowest BCUT2D eigenvalue weighted by Crippen LogP contribution is -2.36. The molecule has 122 valence electrons. The van der Waals surface area contributed by atoms with Gasteiger partial charge in [0, 0.05) is 0 Å². The number of aliphatic hydroxyl groups is 1. The number of anilines is 1. The number of hydrogen-bond donors (Lipinski definition) is 6. The summed E-state index contributed by atoms with van der Waals surface area (Å²) in [6.07, 6.45) is 0.281. The van der Waals surface area contributed by atoms with Crippen LogP contribution < -0.4 is 10.1 Å². The van der Waals surface area contributed by atoms with Crippen molar-refractivity contribution in [2.45, 2.75) is 5.08 Å². The predicted molar refractivity (Wildman–Crippen MR) is 67.7 cm³/mol. The summed E-state index contributed by atoms with van der Waals surface area (Å²) in [5.74, 6) is -3.42. The van der Waals surface area contributed by atoms with Crippen molar-refractivity contribution in [1.82, 2.24) is 0 Å². The standard InChI is InChI=1S/C9H9F2NO8P2/c10-4-1-2-5-8(7(4)11)20-3-6(12-5)9(13,21(14,15)16)22(17,18)19/h1-3,12-13H,(H2,14,15,16)(H2,17,18,19). The van der Waals surface area contributed by atoms with E-state index in [1.807, 2.05) is 5.32 Å². The van der Waals surface area contributed by atoms with E-state index in [1.54, 1.807) is 0 Å². The van der Waals surface area contributed by atoms with Crippen LogP contribution in [-0.4, -0.2) is 29.8 Å². The summed E-state index contributed by atoms with van der Waals surface area (Å²) in [6.45, 7) is 0. The highest BCUT2D eigenvalue weighted by molar-refractivity contribution is 7.72. The second-order valence-electron chi connectivity index (χ2n) is 4.24. The highest BCUT2D eigenvalue weighted by Crippen LogP contribution is 2.70. The molecule has 6 N–H and O–H groups in total. The van der Waals surface area contributed by atoms with E-state index in [4.69, 9.17) is 19.6 Å². The van der Waals surface area contributed by atoms with Gasteiger partial charge >= 0.3 is 20.3 Å². The summed E-state index contributed by atoms with van der Waals surface area (Å²) in [6, 6.07) is 1.53. The molecule has 0 radical (unpaired) electrons. The summed E-state index contributed by atoms with van der Waals surface area (Å²) < 4.78 is 53.7. The highest BCUT2D eigenvalue weighted by Gasteiger charge is 2.63. The van der Waals surface area contributed by atoms with E-state index in [2.05, 4.69) is 4.74 Å². The molecule has 0 atom stereocenters. The van der Waals surface area contributed by atoms with E-state index in [0.717, 1.165) is 6.07 Å². The normalized spacial score (nSPS) is 15.5. The van der Waals surface area contributed by atoms with E-state index < -0.39 is 49.0 Å². The molecule has 0 aliphatic carbocycles. The fourth-order valence-corrected chi connectivity index (χ4v) is 3.89. The third-order valence-electron chi connectivity index (χ3n) is 2.79. The van der Waals surface area contributed by atoms with Crippen LogP contribution in [0.15, 0.2) is 24.1 Å². The zero-order valence-corrected chi connectivity index (χ0v) is 12.1. The first-order valence-corrected chi connectivity index (χ1v) is 8.58. The lowest BCUT2D eigenvalue weighted by atomic mass is 10.2. The van der Waals surface area contributed by atoms with Gasteiger partial charge in [-0.25, -0.2) is 4.39 Å². The van der Waals surface area contributed by atoms with Crippen molar-refractivity contribution >= 4 is 20.9 Å². The molecule has 13 heteroatoms. The Hall–Kier alpha value is -1.32. The third-order valence-corrected chi connectivity index (χ3v) is 6.46. The highest BCUT2D eigenvalue weighted by atomic mass is 31.2. The molecule has 1 aromatic rings. The number of rotatable bonds is 3. The molecule has 1 aliphatic heterocycles. The second-order valence-corrected chi connectivity index (χ2v) is 8.06. The van der Waals surface area contributed by atoms with Crippen molar-refractivity contribution in [1.29, 1.82) is 0 Å². The molecule has 0 saturated carbocycles. The van der Waals surface area contributed by atoms with Gasteiger partial charge in [0.25, 0.3) is 0 Å². The quantitative estimate of drug-likeness (QED) is 0.426. The minimum absolute atomic E-state index is 0.281. The molecule has 0 spiro atoms. The van der Waals surface area contributed by atoms with Crippen molar-refractivity contribution < 1.29 is 47.3 Å². The minimum Gasteiger partial charge on any atom is -0.458 e. The molecule has 2 rings (SSSR count). The van der Waals surface area contributed by atoms with Gasteiger partial charge < -0.3 is 34.7 Å². The molecule has 0 saturated heterocycles. The first-order chi connectivity index (χ1) is 9.89. The Labute approximate surface area is 121 Å². The second kappa shape index (κ2) is 5.10. The van der Waals surface area contributed by atoms with Gasteiger partial charge in [-0.2, -0.15) is 4.39 Å². The smallest absolute Gasteiger partial charge is 0.375 e. The zero-order valence-electron chi connectivity index (χ0n) is 10.3. The van der Waals surface area contributed by atoms with Crippen LogP contribution in [-0.2, 0) is 9.13 Å². The van der Waals surface area contributed by atoms with Gasteiger partial charge in [0.2, 0.25) is 5.82 Å². The number of nitrogens with one attached hydrogen (secondary N) is 1. The molecule has 22 heavy (non-hydrogen) atoms. The van der Waals surface area contributed by atoms with Crippen LogP contribution in [0.4, 0.5) is 14.5 Å². The average Bonchev–Trinajstić information content (AvgIpc) is 2.39. The number of fused-ring (bicyclic) bond motifs is 1. The van der Waals surface area contributed by atoms with E-state index in [9.17, 15) is 23.0 Å². The minimum atomic E-state index is -5.80. The third kappa shape index (κ3) is 2.46. The molecule has 0 aromatic heterocycles. The number of benzene rings is 1. The van der Waals surface area contributed by atoms with Crippen molar-refractivity contribution in [3.63, 3.8) is 0 Å². The zero-order chi connectivity index (χ0) is 16.9. The Morgan fingerprint density at radius 1 is 1.09 bits per heavy atom. The maximum absolute atomic E-state index is 13.4. The first-order valence-electron chi connectivity index (χ1n) is 5.35. The van der Waals surface area contributed by atoms with Crippen molar-refractivity contribution in [2.75, 3.05) is 5.32 Å². The van der Waals surface area contributed by atoms with E-state index in [0.29, 0.717) is 6.07 Å². The Bertz CT molecular complexity index is 732. The van der Waals surface area contributed by atoms with Crippen LogP contribution in [0, 0.1) is 11.6 Å². The maximum atomic E-state index is 13.4. The molecule has 1 aliphatic rings. The predicted octanol–water partition coefficient (Wildman–Crippen LogP) is 0.612. The molecule has 0 fully saturated rings. The van der Waals surface area contributed by atoms with Crippen LogP contribution in [0.3, 0.4) is 0 Å². The summed E-state index contributed by atoms with van der Waals surface area (Å²) in [5, 5.41) is 7.94. The number of hydrogen-bond acceptors (Lipinski definition) is 5. The first kappa shape index (κ1) is 17.0. The van der Waals surface area contributed by atoms with Crippen molar-refractivity contribution in [2.24, 2.45) is 0 Å². The molecular formula is C9H9F2NO8P2. The fraction of sp³-hybridized carbons (Fsp3) is 0.111. The van der Waals surface area contributed by atoms with E-state index in [-0.39, 0.29) is 6.26 Å². The molecule has 9 nitrogen and oxygen atoms in total. The van der Waals surface area contributed by atoms with Gasteiger partial charge in [0.15, 0.2) is 11.6 Å². The van der Waals surface area contributed by atoms with Crippen LogP contribution in [0.1, 0.15) is 0 Å². The van der Waals surface area contributed by atoms with Gasteiger partial charge in [0.05, 0.1) is 5.69 Å². The van der Waals surface area contributed by atoms with Crippen molar-refractivity contribution in [3.05, 3.63) is 35.7 Å². The Morgan fingerprint density at radius 3 is 2.14 bits per heavy atom. The Kier molecular flexibility index (Phi) is 3.95. The molecule has 1 heterocycles. The summed E-state index contributed by atoms with van der Waals surface area (Å²) in [5.41, 5.74) is -1.50. The van der Waals surface area contributed by atoms with Gasteiger partial charge in [-0.15, -0.1) is 0 Å². The lowest BCUT2D eigenvalue weighted by molar-refractivity contribution is 0.156. The van der Waals surface area contributed by atoms with Crippen LogP contribution >= 0.6 is 15.2 Å². The van der Waals surface area contributed by atoms with Crippen LogP contribution in [0.5, 0.6) is 5.75 Å². The fourth-order valence-electron chi connectivity index (χ4n) is 1.68. The van der Waals surface area contributed by atoms with Gasteiger partial charge in [-0.1, -0.05) is 0 Å². The van der Waals surface area contributed by atoms with Crippen LogP contribution in [0.25, 0.3) is 0 Å². The largest absolute Gasteiger partial charge is 0.458 e.